The maximum absolute atomic E-state index is 11.7. The van der Waals surface area contributed by atoms with Gasteiger partial charge in [-0.1, -0.05) is 17.7 Å². The van der Waals surface area contributed by atoms with E-state index < -0.39 is 5.91 Å². The average molecular weight is 316 g/mol. The predicted molar refractivity (Wildman–Crippen MR) is 84.3 cm³/mol. The van der Waals surface area contributed by atoms with Crippen molar-refractivity contribution in [2.24, 2.45) is 0 Å². The van der Waals surface area contributed by atoms with Crippen molar-refractivity contribution in [1.82, 2.24) is 20.8 Å². The summed E-state index contributed by atoms with van der Waals surface area (Å²) in [6.07, 6.45) is 2.85. The first-order chi connectivity index (χ1) is 10.5. The van der Waals surface area contributed by atoms with E-state index in [-0.39, 0.29) is 17.4 Å². The van der Waals surface area contributed by atoms with Crippen LogP contribution >= 0.6 is 11.8 Å². The van der Waals surface area contributed by atoms with Gasteiger partial charge in [0.25, 0.3) is 5.91 Å². The number of carbonyl (C=O) groups is 2. The average Bonchev–Trinajstić information content (AvgIpc) is 2.52. The molecule has 1 aromatic carbocycles. The Morgan fingerprint density at radius 3 is 2.41 bits per heavy atom. The Morgan fingerprint density at radius 1 is 1.05 bits per heavy atom. The summed E-state index contributed by atoms with van der Waals surface area (Å²) in [6, 6.07) is 7.87. The highest BCUT2D eigenvalue weighted by molar-refractivity contribution is 8.00. The Morgan fingerprint density at radius 2 is 1.77 bits per heavy atom. The Balaban J connectivity index is 1.76. The van der Waals surface area contributed by atoms with Crippen LogP contribution < -0.4 is 10.9 Å². The molecule has 7 heteroatoms. The highest BCUT2D eigenvalue weighted by Crippen LogP contribution is 2.17. The monoisotopic (exact) mass is 316 g/mol. The van der Waals surface area contributed by atoms with Gasteiger partial charge in [0.1, 0.15) is 5.69 Å². The third-order valence-corrected chi connectivity index (χ3v) is 3.73. The van der Waals surface area contributed by atoms with Crippen LogP contribution in [0.15, 0.2) is 41.6 Å². The molecule has 22 heavy (non-hydrogen) atoms. The van der Waals surface area contributed by atoms with Gasteiger partial charge in [0.05, 0.1) is 17.6 Å². The molecule has 0 aliphatic carbocycles. The Hall–Kier alpha value is -2.41. The van der Waals surface area contributed by atoms with E-state index in [1.165, 1.54) is 29.7 Å². The van der Waals surface area contributed by atoms with Crippen molar-refractivity contribution in [1.29, 1.82) is 0 Å². The third-order valence-electron chi connectivity index (χ3n) is 2.72. The topological polar surface area (TPSA) is 84.0 Å². The quantitative estimate of drug-likeness (QED) is 0.662. The first-order valence-corrected chi connectivity index (χ1v) is 7.60. The summed E-state index contributed by atoms with van der Waals surface area (Å²) in [7, 11) is 0. The Bertz CT molecular complexity index is 656. The van der Waals surface area contributed by atoms with Crippen molar-refractivity contribution in [3.8, 4) is 0 Å². The molecule has 114 valence electrons. The number of amides is 2. The number of aromatic nitrogens is 2. The molecular formula is C15H16N4O2S. The zero-order valence-electron chi connectivity index (χ0n) is 12.3. The lowest BCUT2D eigenvalue weighted by Crippen LogP contribution is -2.42. The van der Waals surface area contributed by atoms with E-state index in [0.29, 0.717) is 0 Å². The minimum Gasteiger partial charge on any atom is -0.272 e. The molecule has 2 aromatic rings. The van der Waals surface area contributed by atoms with Crippen LogP contribution in [-0.4, -0.2) is 27.5 Å². The lowest BCUT2D eigenvalue weighted by molar-refractivity contribution is -0.119. The minimum atomic E-state index is -0.499. The largest absolute Gasteiger partial charge is 0.289 e. The number of hydrazine groups is 1. The lowest BCUT2D eigenvalue weighted by Gasteiger charge is -2.07. The first kappa shape index (κ1) is 16.0. The molecule has 0 atom stereocenters. The van der Waals surface area contributed by atoms with Gasteiger partial charge in [0.2, 0.25) is 5.91 Å². The molecule has 2 amide bonds. The molecule has 0 saturated carbocycles. The predicted octanol–water partition coefficient (Wildman–Crippen LogP) is 1.65. The van der Waals surface area contributed by atoms with Crippen LogP contribution in [-0.2, 0) is 4.79 Å². The second-order valence-electron chi connectivity index (χ2n) is 4.65. The number of rotatable bonds is 4. The van der Waals surface area contributed by atoms with Crippen molar-refractivity contribution in [3.05, 3.63) is 53.6 Å². The van der Waals surface area contributed by atoms with Gasteiger partial charge in [-0.3, -0.25) is 25.4 Å². The van der Waals surface area contributed by atoms with E-state index in [1.54, 1.807) is 6.92 Å². The number of benzene rings is 1. The molecule has 0 bridgehead atoms. The summed E-state index contributed by atoms with van der Waals surface area (Å²) in [5, 5.41) is 0. The van der Waals surface area contributed by atoms with Gasteiger partial charge in [0, 0.05) is 11.1 Å². The fourth-order valence-electron chi connectivity index (χ4n) is 1.52. The van der Waals surface area contributed by atoms with Crippen LogP contribution in [0.4, 0.5) is 0 Å². The van der Waals surface area contributed by atoms with Gasteiger partial charge in [-0.15, -0.1) is 11.8 Å². The van der Waals surface area contributed by atoms with Gasteiger partial charge in [0.15, 0.2) is 0 Å². The van der Waals surface area contributed by atoms with Crippen molar-refractivity contribution in [2.75, 3.05) is 5.75 Å². The number of thioether (sulfide) groups is 1. The molecule has 1 heterocycles. The molecule has 2 N–H and O–H groups in total. The number of nitrogens with one attached hydrogen (secondary N) is 2. The summed E-state index contributed by atoms with van der Waals surface area (Å²) in [6.45, 7) is 3.78. The summed E-state index contributed by atoms with van der Waals surface area (Å²) in [4.78, 5) is 32.3. The van der Waals surface area contributed by atoms with Crippen molar-refractivity contribution in [2.45, 2.75) is 18.7 Å². The Kier molecular flexibility index (Phi) is 5.48. The number of aryl methyl sites for hydroxylation is 2. The molecule has 6 nitrogen and oxygen atoms in total. The van der Waals surface area contributed by atoms with Crippen LogP contribution in [0.2, 0.25) is 0 Å². The normalized spacial score (nSPS) is 10.1. The van der Waals surface area contributed by atoms with Crippen LogP contribution in [0.3, 0.4) is 0 Å². The zero-order chi connectivity index (χ0) is 15.9. The maximum atomic E-state index is 11.7. The van der Waals surface area contributed by atoms with E-state index in [4.69, 9.17) is 0 Å². The maximum Gasteiger partial charge on any atom is 0.289 e. The molecule has 0 radical (unpaired) electrons. The molecule has 0 saturated heterocycles. The number of nitrogens with zero attached hydrogens (tertiary/aromatic N) is 2. The van der Waals surface area contributed by atoms with E-state index in [2.05, 4.69) is 20.8 Å². The standard InChI is InChI=1S/C15H16N4O2S/c1-10-3-5-12(6-4-10)22-9-14(20)18-19-15(21)13-8-16-11(2)7-17-13/h3-8H,9H2,1-2H3,(H,18,20)(H,19,21). The molecular weight excluding hydrogens is 300 g/mol. The number of carbonyl (C=O) groups excluding carboxylic acids is 2. The van der Waals surface area contributed by atoms with E-state index >= 15 is 0 Å². The highest BCUT2D eigenvalue weighted by Gasteiger charge is 2.09. The van der Waals surface area contributed by atoms with Crippen LogP contribution in [0.1, 0.15) is 21.7 Å². The van der Waals surface area contributed by atoms with Gasteiger partial charge < -0.3 is 0 Å². The highest BCUT2D eigenvalue weighted by atomic mass is 32.2. The van der Waals surface area contributed by atoms with Gasteiger partial charge in [-0.2, -0.15) is 0 Å². The van der Waals surface area contributed by atoms with Crippen molar-refractivity contribution in [3.63, 3.8) is 0 Å². The number of hydrogen-bond donors (Lipinski definition) is 2. The van der Waals surface area contributed by atoms with Crippen molar-refractivity contribution < 1.29 is 9.59 Å². The fraction of sp³-hybridized carbons (Fsp3) is 0.200. The van der Waals surface area contributed by atoms with E-state index in [0.717, 1.165) is 10.6 Å². The van der Waals surface area contributed by atoms with E-state index in [1.807, 2.05) is 31.2 Å². The molecule has 0 fully saturated rings. The molecule has 0 aliphatic rings. The molecule has 1 aromatic heterocycles. The van der Waals surface area contributed by atoms with E-state index in [9.17, 15) is 9.59 Å². The van der Waals surface area contributed by atoms with Crippen LogP contribution in [0.25, 0.3) is 0 Å². The minimum absolute atomic E-state index is 0.150. The molecule has 0 aliphatic heterocycles. The van der Waals surface area contributed by atoms with Gasteiger partial charge >= 0.3 is 0 Å². The second-order valence-corrected chi connectivity index (χ2v) is 5.70. The summed E-state index contributed by atoms with van der Waals surface area (Å²) < 4.78 is 0. The summed E-state index contributed by atoms with van der Waals surface area (Å²) >= 11 is 1.40. The lowest BCUT2D eigenvalue weighted by atomic mass is 10.2. The Labute approximate surface area is 132 Å². The smallest absolute Gasteiger partial charge is 0.272 e. The van der Waals surface area contributed by atoms with Crippen LogP contribution in [0.5, 0.6) is 0 Å². The van der Waals surface area contributed by atoms with Crippen LogP contribution in [0, 0.1) is 13.8 Å². The summed E-state index contributed by atoms with van der Waals surface area (Å²) in [5.74, 6) is -0.580. The van der Waals surface area contributed by atoms with Crippen molar-refractivity contribution >= 4 is 23.6 Å². The molecule has 2 rings (SSSR count). The SMILES string of the molecule is Cc1ccc(SCC(=O)NNC(=O)c2cnc(C)cn2)cc1. The second kappa shape index (κ2) is 7.56. The fourth-order valence-corrected chi connectivity index (χ4v) is 2.22. The molecule has 0 unspecified atom stereocenters. The zero-order valence-corrected chi connectivity index (χ0v) is 13.1. The third kappa shape index (κ3) is 4.85. The van der Waals surface area contributed by atoms with Gasteiger partial charge in [-0.25, -0.2) is 4.98 Å². The first-order valence-electron chi connectivity index (χ1n) is 6.62. The number of hydrogen-bond acceptors (Lipinski definition) is 5. The molecule has 0 spiro atoms. The van der Waals surface area contributed by atoms with Gasteiger partial charge in [-0.05, 0) is 26.0 Å². The summed E-state index contributed by atoms with van der Waals surface area (Å²) in [5.41, 5.74) is 6.69.